The first kappa shape index (κ1) is 21.7. The number of hydrogen-bond donors (Lipinski definition) is 4. The monoisotopic (exact) mass is 397 g/mol. The van der Waals surface area contributed by atoms with Gasteiger partial charge in [-0.3, -0.25) is 5.32 Å². The second-order valence-corrected chi connectivity index (χ2v) is 6.45. The van der Waals surface area contributed by atoms with Crippen molar-refractivity contribution in [2.24, 2.45) is 5.11 Å². The van der Waals surface area contributed by atoms with Crippen LogP contribution in [0.3, 0.4) is 0 Å². The van der Waals surface area contributed by atoms with Crippen molar-refractivity contribution >= 4 is 0 Å². The van der Waals surface area contributed by atoms with E-state index in [2.05, 4.69) is 15.7 Å². The van der Waals surface area contributed by atoms with Crippen LogP contribution >= 0.6 is 0 Å². The molecule has 1 atom stereocenters. The van der Waals surface area contributed by atoms with Crippen LogP contribution in [0, 0.1) is 16.9 Å². The molecular weight excluding hydrogens is 375 g/mol. The van der Waals surface area contributed by atoms with Crippen molar-refractivity contribution < 1.29 is 23.0 Å². The highest BCUT2D eigenvalue weighted by atomic mass is 19.4. The standard InChI is InChI=1S/C18H22F3N5O2/c1-24-10-16(26-23)17(27)25-12-3-6-13(7-4-12)28-14-5-2-11(9-22)15(8-14)18(19,20)21/h2,5,8,10,12-13,17,23-25,27H,3-4,6-7H2,1H3/b16-10-,26-23?/t12-,13-,17?. The third kappa shape index (κ3) is 5.68. The first-order chi connectivity index (χ1) is 13.3. The van der Waals surface area contributed by atoms with Crippen LogP contribution in [0.2, 0.25) is 0 Å². The fraction of sp³-hybridized carbons (Fsp3) is 0.500. The second-order valence-electron chi connectivity index (χ2n) is 6.45. The van der Waals surface area contributed by atoms with E-state index in [0.717, 1.165) is 12.1 Å². The van der Waals surface area contributed by atoms with Gasteiger partial charge in [-0.25, -0.2) is 5.53 Å². The molecule has 1 unspecified atom stereocenters. The minimum Gasteiger partial charge on any atom is -0.490 e. The molecule has 1 fully saturated rings. The van der Waals surface area contributed by atoms with Crippen LogP contribution in [0.1, 0.15) is 36.8 Å². The molecule has 152 valence electrons. The molecule has 10 heteroatoms. The summed E-state index contributed by atoms with van der Waals surface area (Å²) in [4.78, 5) is 0. The molecule has 4 N–H and O–H groups in total. The van der Waals surface area contributed by atoms with Crippen molar-refractivity contribution in [3.8, 4) is 11.8 Å². The number of benzene rings is 1. The first-order valence-electron chi connectivity index (χ1n) is 8.75. The van der Waals surface area contributed by atoms with E-state index in [-0.39, 0.29) is 23.6 Å². The van der Waals surface area contributed by atoms with Crippen molar-refractivity contribution in [2.75, 3.05) is 7.05 Å². The predicted molar refractivity (Wildman–Crippen MR) is 94.3 cm³/mol. The van der Waals surface area contributed by atoms with Crippen molar-refractivity contribution in [3.05, 3.63) is 41.2 Å². The van der Waals surface area contributed by atoms with Gasteiger partial charge in [-0.15, -0.1) is 0 Å². The molecule has 2 rings (SSSR count). The Morgan fingerprint density at radius 2 is 2.07 bits per heavy atom. The van der Waals surface area contributed by atoms with Crippen molar-refractivity contribution in [1.82, 2.24) is 10.6 Å². The summed E-state index contributed by atoms with van der Waals surface area (Å²) in [5.74, 6) is 0.0787. The molecule has 7 nitrogen and oxygen atoms in total. The van der Waals surface area contributed by atoms with Crippen LogP contribution in [0.4, 0.5) is 13.2 Å². The van der Waals surface area contributed by atoms with Gasteiger partial charge in [0.05, 0.1) is 23.3 Å². The van der Waals surface area contributed by atoms with Gasteiger partial charge in [0.1, 0.15) is 11.4 Å². The Bertz CT molecular complexity index is 753. The Hall–Kier alpha value is -2.64. The molecule has 1 saturated carbocycles. The molecule has 0 aromatic heterocycles. The summed E-state index contributed by atoms with van der Waals surface area (Å²) in [5.41, 5.74) is 5.76. The van der Waals surface area contributed by atoms with Crippen molar-refractivity contribution in [3.63, 3.8) is 0 Å². The van der Waals surface area contributed by atoms with Gasteiger partial charge in [0.15, 0.2) is 6.23 Å². The molecule has 0 aliphatic heterocycles. The number of alkyl halides is 3. The lowest BCUT2D eigenvalue weighted by molar-refractivity contribution is -0.137. The highest BCUT2D eigenvalue weighted by molar-refractivity contribution is 5.44. The third-order valence-electron chi connectivity index (χ3n) is 4.49. The molecule has 0 amide bonds. The number of ether oxygens (including phenoxy) is 1. The molecule has 1 aliphatic rings. The Labute approximate surface area is 160 Å². The van der Waals surface area contributed by atoms with E-state index >= 15 is 0 Å². The maximum absolute atomic E-state index is 13.0. The van der Waals surface area contributed by atoms with Crippen LogP contribution in [0.25, 0.3) is 0 Å². The number of aliphatic hydroxyl groups is 1. The Balaban J connectivity index is 1.93. The van der Waals surface area contributed by atoms with Crippen LogP contribution in [0.15, 0.2) is 35.2 Å². The zero-order chi connectivity index (χ0) is 20.7. The van der Waals surface area contributed by atoms with Crippen LogP contribution in [-0.2, 0) is 6.18 Å². The zero-order valence-electron chi connectivity index (χ0n) is 15.3. The van der Waals surface area contributed by atoms with Gasteiger partial charge >= 0.3 is 6.18 Å². The fourth-order valence-electron chi connectivity index (χ4n) is 3.10. The molecule has 0 bridgehead atoms. The van der Waals surface area contributed by atoms with E-state index in [9.17, 15) is 18.3 Å². The zero-order valence-corrected chi connectivity index (χ0v) is 15.3. The van der Waals surface area contributed by atoms with Crippen molar-refractivity contribution in [2.45, 2.75) is 50.2 Å². The van der Waals surface area contributed by atoms with Gasteiger partial charge in [-0.2, -0.15) is 23.5 Å². The minimum absolute atomic E-state index is 0.0245. The SMILES string of the molecule is CN/C=C(\N=N)C(O)N[C@H]1CC[C@H](Oc2ccc(C#N)c(C(F)(F)F)c2)CC1. The molecule has 0 heterocycles. The van der Waals surface area contributed by atoms with Gasteiger partial charge in [-0.05, 0) is 43.9 Å². The van der Waals surface area contributed by atoms with Gasteiger partial charge in [0.25, 0.3) is 0 Å². The molecule has 0 spiro atoms. The summed E-state index contributed by atoms with van der Waals surface area (Å²) < 4.78 is 44.8. The number of nitrogens with one attached hydrogen (secondary N) is 3. The van der Waals surface area contributed by atoms with E-state index in [0.29, 0.717) is 25.7 Å². The molecular formula is C18H22F3N5O2. The highest BCUT2D eigenvalue weighted by Crippen LogP contribution is 2.35. The van der Waals surface area contributed by atoms with Gasteiger partial charge in [0.2, 0.25) is 0 Å². The Morgan fingerprint density at radius 3 is 2.61 bits per heavy atom. The molecule has 0 radical (unpaired) electrons. The lowest BCUT2D eigenvalue weighted by Gasteiger charge is -2.31. The average Bonchev–Trinajstić information content (AvgIpc) is 2.66. The number of aliphatic hydroxyl groups excluding tert-OH is 1. The summed E-state index contributed by atoms with van der Waals surface area (Å²) in [6.07, 6.45) is -2.06. The molecule has 1 aromatic carbocycles. The number of rotatable bonds is 7. The largest absolute Gasteiger partial charge is 0.490 e. The summed E-state index contributed by atoms with van der Waals surface area (Å²) in [6.45, 7) is 0. The van der Waals surface area contributed by atoms with Crippen LogP contribution in [0.5, 0.6) is 5.75 Å². The normalized spacial score (nSPS) is 21.5. The third-order valence-corrected chi connectivity index (χ3v) is 4.49. The summed E-state index contributed by atoms with van der Waals surface area (Å²) in [5, 5.41) is 27.8. The number of nitrogens with zero attached hydrogens (tertiary/aromatic N) is 2. The maximum atomic E-state index is 13.0. The summed E-state index contributed by atoms with van der Waals surface area (Å²) >= 11 is 0. The highest BCUT2D eigenvalue weighted by Gasteiger charge is 2.34. The lowest BCUT2D eigenvalue weighted by Crippen LogP contribution is -2.42. The number of hydrogen-bond acceptors (Lipinski definition) is 7. The fourth-order valence-corrected chi connectivity index (χ4v) is 3.10. The Kier molecular flexibility index (Phi) is 7.37. The first-order valence-corrected chi connectivity index (χ1v) is 8.75. The van der Waals surface area contributed by atoms with E-state index in [1.807, 2.05) is 0 Å². The van der Waals surface area contributed by atoms with Gasteiger partial charge in [0, 0.05) is 19.3 Å². The number of halogens is 3. The van der Waals surface area contributed by atoms with E-state index in [4.69, 9.17) is 15.5 Å². The average molecular weight is 397 g/mol. The minimum atomic E-state index is -4.62. The maximum Gasteiger partial charge on any atom is 0.417 e. The molecule has 28 heavy (non-hydrogen) atoms. The number of nitriles is 1. The smallest absolute Gasteiger partial charge is 0.417 e. The van der Waals surface area contributed by atoms with E-state index < -0.39 is 23.5 Å². The molecule has 0 saturated heterocycles. The predicted octanol–water partition coefficient (Wildman–Crippen LogP) is 3.27. The summed E-state index contributed by atoms with van der Waals surface area (Å²) in [6, 6.07) is 4.86. The quantitative estimate of drug-likeness (QED) is 0.417. The topological polar surface area (TPSA) is 114 Å². The van der Waals surface area contributed by atoms with E-state index in [1.165, 1.54) is 12.3 Å². The summed E-state index contributed by atoms with van der Waals surface area (Å²) in [7, 11) is 1.63. The van der Waals surface area contributed by atoms with Crippen molar-refractivity contribution in [1.29, 1.82) is 10.8 Å². The van der Waals surface area contributed by atoms with E-state index in [1.54, 1.807) is 13.1 Å². The molecule has 1 aliphatic carbocycles. The van der Waals surface area contributed by atoms with Crippen LogP contribution < -0.4 is 15.4 Å². The lowest BCUT2D eigenvalue weighted by atomic mass is 9.92. The van der Waals surface area contributed by atoms with Gasteiger partial charge < -0.3 is 15.2 Å². The van der Waals surface area contributed by atoms with Gasteiger partial charge in [-0.1, -0.05) is 0 Å². The second kappa shape index (κ2) is 9.52. The van der Waals surface area contributed by atoms with Crippen LogP contribution in [-0.4, -0.2) is 30.5 Å². The molecule has 1 aromatic rings. The Morgan fingerprint density at radius 1 is 1.39 bits per heavy atom.